The van der Waals surface area contributed by atoms with Gasteiger partial charge >= 0.3 is 0 Å². The number of hydrogen-bond acceptors (Lipinski definition) is 6. The van der Waals surface area contributed by atoms with Crippen molar-refractivity contribution in [2.45, 2.75) is 37.1 Å². The number of aromatic nitrogens is 1. The summed E-state index contributed by atoms with van der Waals surface area (Å²) in [5.41, 5.74) is 7.06. The minimum Gasteiger partial charge on any atom is -0.390 e. The molecule has 3 heterocycles. The molecule has 0 radical (unpaired) electrons. The van der Waals surface area contributed by atoms with Crippen LogP contribution in [0.4, 0.5) is 0 Å². The van der Waals surface area contributed by atoms with Crippen LogP contribution in [0.15, 0.2) is 24.5 Å². The maximum Gasteiger partial charge on any atom is 0.176 e. The fraction of sp³-hybridized carbons (Fsp3) is 0.615. The maximum atomic E-state index is 10.3. The maximum absolute atomic E-state index is 10.3. The zero-order valence-electron chi connectivity index (χ0n) is 10.8. The molecule has 0 saturated carbocycles. The van der Waals surface area contributed by atoms with E-state index < -0.39 is 18.4 Å². The van der Waals surface area contributed by atoms with Crippen LogP contribution < -0.4 is 5.73 Å². The average molecular weight is 265 g/mol. The van der Waals surface area contributed by atoms with Crippen molar-refractivity contribution in [3.05, 3.63) is 30.1 Å². The van der Waals surface area contributed by atoms with E-state index in [0.29, 0.717) is 13.2 Å². The highest BCUT2D eigenvalue weighted by Crippen LogP contribution is 2.30. The first-order valence-corrected chi connectivity index (χ1v) is 6.46. The Kier molecular flexibility index (Phi) is 3.51. The molecule has 0 spiro atoms. The molecule has 0 aromatic carbocycles. The summed E-state index contributed by atoms with van der Waals surface area (Å²) in [6.07, 6.45) is 2.31. The summed E-state index contributed by atoms with van der Waals surface area (Å²) >= 11 is 0. The Balaban J connectivity index is 1.73. The lowest BCUT2D eigenvalue weighted by molar-refractivity contribution is -0.175. The van der Waals surface area contributed by atoms with Crippen molar-refractivity contribution in [1.29, 1.82) is 0 Å². The normalized spacial score (nSPS) is 37.8. The molecular formula is C13H19N3O3. The molecule has 6 heteroatoms. The van der Waals surface area contributed by atoms with Crippen molar-refractivity contribution in [3.8, 4) is 0 Å². The number of aliphatic hydroxyl groups excluding tert-OH is 1. The van der Waals surface area contributed by atoms with Crippen molar-refractivity contribution in [2.24, 2.45) is 5.73 Å². The van der Waals surface area contributed by atoms with Crippen LogP contribution in [0.1, 0.15) is 5.56 Å². The van der Waals surface area contributed by atoms with Gasteiger partial charge in [0.15, 0.2) is 6.29 Å². The van der Waals surface area contributed by atoms with Crippen molar-refractivity contribution in [1.82, 2.24) is 9.88 Å². The van der Waals surface area contributed by atoms with E-state index in [-0.39, 0.29) is 12.1 Å². The van der Waals surface area contributed by atoms with Gasteiger partial charge in [0.1, 0.15) is 6.10 Å². The standard InChI is InChI=1S/C13H19N3O3/c1-16(6-8-3-2-4-15-5-8)11-12(17)10(14)9-7-18-13(11)19-9/h2-5,9-13,17H,6-7,14H2,1H3/t9-,10-,11-,12+,13-/m1/s1. The SMILES string of the molecule is CN(Cc1cccnc1)[C@H]1[C@@H]2OC[C@@H](O2)[C@@H](N)[C@@H]1O. The summed E-state index contributed by atoms with van der Waals surface area (Å²) in [6, 6.07) is 3.23. The number of nitrogens with zero attached hydrogens (tertiary/aromatic N) is 2. The molecule has 1 aromatic heterocycles. The van der Waals surface area contributed by atoms with Gasteiger partial charge in [0.05, 0.1) is 24.8 Å². The number of nitrogens with two attached hydrogens (primary N) is 1. The molecule has 2 saturated heterocycles. The van der Waals surface area contributed by atoms with Gasteiger partial charge in [-0.3, -0.25) is 9.88 Å². The average Bonchev–Trinajstić information content (AvgIpc) is 2.84. The molecule has 19 heavy (non-hydrogen) atoms. The molecule has 5 atom stereocenters. The summed E-state index contributed by atoms with van der Waals surface area (Å²) < 4.78 is 11.3. The van der Waals surface area contributed by atoms with Crippen LogP contribution in [0.3, 0.4) is 0 Å². The Hall–Kier alpha value is -1.05. The first kappa shape index (κ1) is 13.0. The molecule has 0 aliphatic carbocycles. The largest absolute Gasteiger partial charge is 0.390 e. The number of aliphatic hydroxyl groups is 1. The van der Waals surface area contributed by atoms with Gasteiger partial charge in [-0.25, -0.2) is 0 Å². The van der Waals surface area contributed by atoms with E-state index in [1.807, 2.05) is 30.3 Å². The van der Waals surface area contributed by atoms with Gasteiger partial charge in [-0.2, -0.15) is 0 Å². The lowest BCUT2D eigenvalue weighted by atomic mass is 9.96. The fourth-order valence-corrected chi connectivity index (χ4v) is 2.78. The second kappa shape index (κ2) is 5.15. The topological polar surface area (TPSA) is 80.8 Å². The molecule has 2 bridgehead atoms. The van der Waals surface area contributed by atoms with Crippen LogP contribution in [0.25, 0.3) is 0 Å². The Labute approximate surface area is 112 Å². The van der Waals surface area contributed by atoms with Gasteiger partial charge in [0.2, 0.25) is 0 Å². The molecule has 0 unspecified atom stereocenters. The highest BCUT2D eigenvalue weighted by Gasteiger charge is 2.50. The lowest BCUT2D eigenvalue weighted by Gasteiger charge is -2.41. The molecule has 1 aromatic rings. The number of hydrogen-bond donors (Lipinski definition) is 2. The Bertz CT molecular complexity index is 430. The predicted octanol–water partition coefficient (Wildman–Crippen LogP) is -0.675. The number of ether oxygens (including phenoxy) is 2. The molecule has 6 nitrogen and oxygen atoms in total. The van der Waals surface area contributed by atoms with Crippen LogP contribution >= 0.6 is 0 Å². The van der Waals surface area contributed by atoms with Gasteiger partial charge in [0, 0.05) is 18.9 Å². The highest BCUT2D eigenvalue weighted by atomic mass is 16.7. The van der Waals surface area contributed by atoms with E-state index in [2.05, 4.69) is 4.98 Å². The van der Waals surface area contributed by atoms with Crippen LogP contribution in [-0.4, -0.2) is 59.2 Å². The lowest BCUT2D eigenvalue weighted by Crippen LogP contribution is -2.62. The highest BCUT2D eigenvalue weighted by molar-refractivity contribution is 5.09. The molecule has 2 fully saturated rings. The van der Waals surface area contributed by atoms with Gasteiger partial charge in [0.25, 0.3) is 0 Å². The monoisotopic (exact) mass is 265 g/mol. The molecule has 2 aliphatic rings. The summed E-state index contributed by atoms with van der Waals surface area (Å²) in [5, 5.41) is 10.3. The molecule has 2 aliphatic heterocycles. The Morgan fingerprint density at radius 3 is 3.16 bits per heavy atom. The van der Waals surface area contributed by atoms with E-state index in [0.717, 1.165) is 5.56 Å². The quantitative estimate of drug-likeness (QED) is 0.754. The van der Waals surface area contributed by atoms with Gasteiger partial charge < -0.3 is 20.3 Å². The van der Waals surface area contributed by atoms with Gasteiger partial charge in [-0.1, -0.05) is 6.07 Å². The number of pyridine rings is 1. The van der Waals surface area contributed by atoms with E-state index in [4.69, 9.17) is 15.2 Å². The van der Waals surface area contributed by atoms with Crippen LogP contribution in [-0.2, 0) is 16.0 Å². The first-order chi connectivity index (χ1) is 9.16. The van der Waals surface area contributed by atoms with E-state index in [9.17, 15) is 5.11 Å². The second-order valence-corrected chi connectivity index (χ2v) is 5.21. The first-order valence-electron chi connectivity index (χ1n) is 6.46. The summed E-state index contributed by atoms with van der Waals surface area (Å²) in [7, 11) is 1.93. The van der Waals surface area contributed by atoms with Crippen molar-refractivity contribution >= 4 is 0 Å². The molecule has 0 amide bonds. The minimum atomic E-state index is -0.645. The molecule has 104 valence electrons. The molecular weight excluding hydrogens is 246 g/mol. The van der Waals surface area contributed by atoms with Crippen molar-refractivity contribution in [3.63, 3.8) is 0 Å². The Morgan fingerprint density at radius 2 is 2.42 bits per heavy atom. The summed E-state index contributed by atoms with van der Waals surface area (Å²) in [4.78, 5) is 6.10. The molecule has 3 rings (SSSR count). The number of likely N-dealkylation sites (N-methyl/N-ethyl adjacent to an activating group) is 1. The zero-order valence-corrected chi connectivity index (χ0v) is 10.8. The Morgan fingerprint density at radius 1 is 1.58 bits per heavy atom. The van der Waals surface area contributed by atoms with E-state index in [1.165, 1.54) is 0 Å². The van der Waals surface area contributed by atoms with Crippen LogP contribution in [0.2, 0.25) is 0 Å². The zero-order chi connectivity index (χ0) is 13.4. The number of fused-ring (bicyclic) bond motifs is 2. The third kappa shape index (κ3) is 2.37. The third-order valence-corrected chi connectivity index (χ3v) is 3.85. The summed E-state index contributed by atoms with van der Waals surface area (Å²) in [6.45, 7) is 1.12. The fourth-order valence-electron chi connectivity index (χ4n) is 2.78. The predicted molar refractivity (Wildman–Crippen MR) is 68.1 cm³/mol. The van der Waals surface area contributed by atoms with Gasteiger partial charge in [-0.05, 0) is 18.7 Å². The van der Waals surface area contributed by atoms with Gasteiger partial charge in [-0.15, -0.1) is 0 Å². The number of rotatable bonds is 3. The van der Waals surface area contributed by atoms with Crippen LogP contribution in [0, 0.1) is 0 Å². The summed E-state index contributed by atoms with van der Waals surface area (Å²) in [5.74, 6) is 0. The van der Waals surface area contributed by atoms with Crippen molar-refractivity contribution in [2.75, 3.05) is 13.7 Å². The third-order valence-electron chi connectivity index (χ3n) is 3.85. The van der Waals surface area contributed by atoms with Crippen molar-refractivity contribution < 1.29 is 14.6 Å². The second-order valence-electron chi connectivity index (χ2n) is 5.21. The molecule has 3 N–H and O–H groups in total. The minimum absolute atomic E-state index is 0.192. The van der Waals surface area contributed by atoms with E-state index >= 15 is 0 Å². The van der Waals surface area contributed by atoms with Crippen LogP contribution in [0.5, 0.6) is 0 Å². The smallest absolute Gasteiger partial charge is 0.176 e. The van der Waals surface area contributed by atoms with E-state index in [1.54, 1.807) is 6.20 Å².